The normalized spacial score (nSPS) is 19.3. The summed E-state index contributed by atoms with van der Waals surface area (Å²) in [6.07, 6.45) is 5.40. The van der Waals surface area contributed by atoms with Crippen LogP contribution < -0.4 is 10.1 Å². The van der Waals surface area contributed by atoms with E-state index in [9.17, 15) is 9.59 Å². The minimum absolute atomic E-state index is 0.0315. The molecule has 1 atom stereocenters. The van der Waals surface area contributed by atoms with Crippen LogP contribution in [0.2, 0.25) is 0 Å². The Labute approximate surface area is 161 Å². The lowest BCUT2D eigenvalue weighted by Gasteiger charge is -2.28. The van der Waals surface area contributed by atoms with E-state index in [1.807, 2.05) is 18.7 Å². The van der Waals surface area contributed by atoms with Gasteiger partial charge in [-0.3, -0.25) is 9.59 Å². The lowest BCUT2D eigenvalue weighted by molar-refractivity contribution is -0.141. The average molecular weight is 374 g/mol. The van der Waals surface area contributed by atoms with Crippen molar-refractivity contribution < 1.29 is 19.1 Å². The van der Waals surface area contributed by atoms with Crippen molar-refractivity contribution in [3.8, 4) is 5.75 Å². The van der Waals surface area contributed by atoms with Crippen LogP contribution in [-0.2, 0) is 14.3 Å². The van der Waals surface area contributed by atoms with Crippen LogP contribution in [0.15, 0.2) is 24.3 Å². The summed E-state index contributed by atoms with van der Waals surface area (Å²) in [5, 5.41) is 2.94. The fourth-order valence-electron chi connectivity index (χ4n) is 3.57. The highest BCUT2D eigenvalue weighted by Crippen LogP contribution is 2.42. The molecule has 1 aliphatic carbocycles. The number of nitrogens with zero attached hydrogens (tertiary/aromatic N) is 1. The summed E-state index contributed by atoms with van der Waals surface area (Å²) in [5.41, 5.74) is -0.0774. The minimum Gasteiger partial charge on any atom is -0.484 e. The highest BCUT2D eigenvalue weighted by molar-refractivity contribution is 5.97. The highest BCUT2D eigenvalue weighted by Gasteiger charge is 2.48. The molecule has 1 aliphatic heterocycles. The molecule has 2 amide bonds. The smallest absolute Gasteiger partial charge is 0.260 e. The van der Waals surface area contributed by atoms with Crippen molar-refractivity contribution in [2.24, 2.45) is 5.92 Å². The Hall–Kier alpha value is -2.08. The summed E-state index contributed by atoms with van der Waals surface area (Å²) in [4.78, 5) is 26.7. The van der Waals surface area contributed by atoms with Gasteiger partial charge in [0.2, 0.25) is 0 Å². The molecule has 1 unspecified atom stereocenters. The minimum atomic E-state index is -0.773. The molecule has 1 heterocycles. The van der Waals surface area contributed by atoms with E-state index in [0.717, 1.165) is 38.8 Å². The molecule has 2 fully saturated rings. The topological polar surface area (TPSA) is 67.9 Å². The van der Waals surface area contributed by atoms with Crippen LogP contribution in [0.5, 0.6) is 5.75 Å². The summed E-state index contributed by atoms with van der Waals surface area (Å²) in [7, 11) is 0. The third kappa shape index (κ3) is 5.01. The summed E-state index contributed by atoms with van der Waals surface area (Å²) in [6, 6.07) is 7.12. The summed E-state index contributed by atoms with van der Waals surface area (Å²) >= 11 is 0. The zero-order chi connectivity index (χ0) is 19.3. The Morgan fingerprint density at radius 1 is 1.15 bits per heavy atom. The Kier molecular flexibility index (Phi) is 6.37. The first kappa shape index (κ1) is 19.7. The van der Waals surface area contributed by atoms with Gasteiger partial charge in [0, 0.05) is 25.4 Å². The number of nitrogens with one attached hydrogen (secondary N) is 1. The van der Waals surface area contributed by atoms with Crippen molar-refractivity contribution in [1.29, 1.82) is 0 Å². The van der Waals surface area contributed by atoms with Crippen LogP contribution >= 0.6 is 0 Å². The lowest BCUT2D eigenvalue weighted by atomic mass is 9.99. The fraction of sp³-hybridized carbons (Fsp3) is 0.619. The third-order valence-electron chi connectivity index (χ3n) is 5.43. The fourth-order valence-corrected chi connectivity index (χ4v) is 3.57. The van der Waals surface area contributed by atoms with Crippen molar-refractivity contribution in [1.82, 2.24) is 4.90 Å². The van der Waals surface area contributed by atoms with Crippen molar-refractivity contribution in [2.75, 3.05) is 31.6 Å². The number of ether oxygens (including phenoxy) is 2. The zero-order valence-corrected chi connectivity index (χ0v) is 16.3. The molecule has 2 aliphatic rings. The molecule has 0 radical (unpaired) electrons. The van der Waals surface area contributed by atoms with E-state index in [1.165, 1.54) is 6.42 Å². The molecule has 1 N–H and O–H groups in total. The quantitative estimate of drug-likeness (QED) is 0.759. The maximum atomic E-state index is 12.7. The number of likely N-dealkylation sites (tertiary alicyclic amines) is 1. The average Bonchev–Trinajstić information content (AvgIpc) is 3.53. The van der Waals surface area contributed by atoms with Gasteiger partial charge in [-0.2, -0.15) is 0 Å². The Balaban J connectivity index is 1.51. The molecule has 0 bridgehead atoms. The number of rotatable bonds is 8. The SMILES string of the molecule is CCOC(C)(C(=O)Nc1ccc(OCC(=O)N2CCCCC2)cc1)C1CC1. The van der Waals surface area contributed by atoms with Gasteiger partial charge < -0.3 is 19.7 Å². The van der Waals surface area contributed by atoms with Crippen LogP contribution in [0.1, 0.15) is 46.0 Å². The molecular weight excluding hydrogens is 344 g/mol. The summed E-state index contributed by atoms with van der Waals surface area (Å²) < 4.78 is 11.4. The molecule has 0 aromatic heterocycles. The number of hydrogen-bond acceptors (Lipinski definition) is 4. The maximum absolute atomic E-state index is 12.7. The number of amides is 2. The van der Waals surface area contributed by atoms with Gasteiger partial charge in [0.1, 0.15) is 11.4 Å². The third-order valence-corrected chi connectivity index (χ3v) is 5.43. The number of carbonyl (C=O) groups is 2. The van der Waals surface area contributed by atoms with Crippen LogP contribution in [0.4, 0.5) is 5.69 Å². The lowest BCUT2D eigenvalue weighted by Crippen LogP contribution is -2.44. The van der Waals surface area contributed by atoms with E-state index in [1.54, 1.807) is 24.3 Å². The number of piperidine rings is 1. The molecular formula is C21H30N2O4. The predicted molar refractivity (Wildman–Crippen MR) is 104 cm³/mol. The molecule has 1 aromatic rings. The van der Waals surface area contributed by atoms with Crippen molar-refractivity contribution in [3.63, 3.8) is 0 Å². The second-order valence-electron chi connectivity index (χ2n) is 7.52. The molecule has 1 saturated carbocycles. The van der Waals surface area contributed by atoms with Crippen LogP contribution in [0, 0.1) is 5.92 Å². The molecule has 1 saturated heterocycles. The van der Waals surface area contributed by atoms with Crippen molar-refractivity contribution in [3.05, 3.63) is 24.3 Å². The van der Waals surface area contributed by atoms with Gasteiger partial charge in [-0.15, -0.1) is 0 Å². The first-order chi connectivity index (χ1) is 13.0. The van der Waals surface area contributed by atoms with Crippen LogP contribution in [0.3, 0.4) is 0 Å². The molecule has 0 spiro atoms. The predicted octanol–water partition coefficient (Wildman–Crippen LogP) is 3.22. The van der Waals surface area contributed by atoms with E-state index in [0.29, 0.717) is 24.0 Å². The van der Waals surface area contributed by atoms with Gasteiger partial charge in [-0.05, 0) is 76.1 Å². The molecule has 1 aromatic carbocycles. The Morgan fingerprint density at radius 2 is 1.81 bits per heavy atom. The molecule has 6 nitrogen and oxygen atoms in total. The summed E-state index contributed by atoms with van der Waals surface area (Å²) in [5.74, 6) is 0.832. The van der Waals surface area contributed by atoms with Crippen molar-refractivity contribution >= 4 is 17.5 Å². The first-order valence-corrected chi connectivity index (χ1v) is 9.99. The second kappa shape index (κ2) is 8.74. The highest BCUT2D eigenvalue weighted by atomic mass is 16.5. The second-order valence-corrected chi connectivity index (χ2v) is 7.52. The van der Waals surface area contributed by atoms with E-state index in [-0.39, 0.29) is 18.4 Å². The van der Waals surface area contributed by atoms with Crippen molar-refractivity contribution in [2.45, 2.75) is 51.6 Å². The largest absolute Gasteiger partial charge is 0.484 e. The molecule has 148 valence electrons. The van der Waals surface area contributed by atoms with Crippen LogP contribution in [0.25, 0.3) is 0 Å². The van der Waals surface area contributed by atoms with E-state index >= 15 is 0 Å². The van der Waals surface area contributed by atoms with Gasteiger partial charge in [0.25, 0.3) is 11.8 Å². The van der Waals surface area contributed by atoms with Gasteiger partial charge in [0.05, 0.1) is 0 Å². The maximum Gasteiger partial charge on any atom is 0.260 e. The number of benzene rings is 1. The zero-order valence-electron chi connectivity index (χ0n) is 16.3. The van der Waals surface area contributed by atoms with Gasteiger partial charge in [0.15, 0.2) is 6.61 Å². The van der Waals surface area contributed by atoms with Gasteiger partial charge in [-0.1, -0.05) is 0 Å². The number of carbonyl (C=O) groups excluding carboxylic acids is 2. The first-order valence-electron chi connectivity index (χ1n) is 9.99. The monoisotopic (exact) mass is 374 g/mol. The number of anilines is 1. The van der Waals surface area contributed by atoms with E-state index in [4.69, 9.17) is 9.47 Å². The Bertz CT molecular complexity index is 651. The van der Waals surface area contributed by atoms with E-state index in [2.05, 4.69) is 5.32 Å². The standard InChI is InChI=1S/C21H30N2O4/c1-3-27-21(2,16-7-8-16)20(25)22-17-9-11-18(12-10-17)26-15-19(24)23-13-5-4-6-14-23/h9-12,16H,3-8,13-15H2,1-2H3,(H,22,25). The van der Waals surface area contributed by atoms with Gasteiger partial charge >= 0.3 is 0 Å². The summed E-state index contributed by atoms with van der Waals surface area (Å²) in [6.45, 7) is 5.99. The Morgan fingerprint density at radius 3 is 2.41 bits per heavy atom. The number of hydrogen-bond donors (Lipinski definition) is 1. The van der Waals surface area contributed by atoms with Crippen LogP contribution in [-0.4, -0.2) is 48.6 Å². The van der Waals surface area contributed by atoms with Gasteiger partial charge in [-0.25, -0.2) is 0 Å². The molecule has 6 heteroatoms. The van der Waals surface area contributed by atoms with E-state index < -0.39 is 5.60 Å². The molecule has 27 heavy (non-hydrogen) atoms. The molecule has 3 rings (SSSR count).